The maximum atomic E-state index is 3.60. The van der Waals surface area contributed by atoms with Crippen LogP contribution in [0.25, 0.3) is 0 Å². The number of benzene rings is 1. The van der Waals surface area contributed by atoms with Gasteiger partial charge in [0.15, 0.2) is 0 Å². The second-order valence-corrected chi connectivity index (χ2v) is 5.35. The van der Waals surface area contributed by atoms with E-state index in [2.05, 4.69) is 41.4 Å². The van der Waals surface area contributed by atoms with Crippen LogP contribution >= 0.6 is 0 Å². The van der Waals surface area contributed by atoms with Gasteiger partial charge in [-0.15, -0.1) is 0 Å². The SMILES string of the molecule is CCNC1CCN(CC2CC2)c2ccccc21. The highest BCUT2D eigenvalue weighted by atomic mass is 15.2. The minimum atomic E-state index is 0.562. The Kier molecular flexibility index (Phi) is 3.06. The fourth-order valence-electron chi connectivity index (χ4n) is 2.89. The third-order valence-electron chi connectivity index (χ3n) is 3.97. The molecule has 1 aromatic rings. The Morgan fingerprint density at radius 1 is 1.24 bits per heavy atom. The monoisotopic (exact) mass is 230 g/mol. The summed E-state index contributed by atoms with van der Waals surface area (Å²) in [6.07, 6.45) is 4.13. The van der Waals surface area contributed by atoms with Crippen molar-refractivity contribution in [1.82, 2.24) is 5.32 Å². The molecule has 1 aliphatic heterocycles. The van der Waals surface area contributed by atoms with E-state index >= 15 is 0 Å². The predicted molar refractivity (Wildman–Crippen MR) is 72.4 cm³/mol. The molecule has 2 aliphatic rings. The summed E-state index contributed by atoms with van der Waals surface area (Å²) in [4.78, 5) is 2.60. The summed E-state index contributed by atoms with van der Waals surface area (Å²) < 4.78 is 0. The molecule has 1 N–H and O–H groups in total. The van der Waals surface area contributed by atoms with Gasteiger partial charge >= 0.3 is 0 Å². The first kappa shape index (κ1) is 11.1. The van der Waals surface area contributed by atoms with Crippen LogP contribution in [0.4, 0.5) is 5.69 Å². The highest BCUT2D eigenvalue weighted by Gasteiger charge is 2.29. The predicted octanol–water partition coefficient (Wildman–Crippen LogP) is 2.96. The van der Waals surface area contributed by atoms with E-state index < -0.39 is 0 Å². The topological polar surface area (TPSA) is 15.3 Å². The van der Waals surface area contributed by atoms with Gasteiger partial charge in [-0.3, -0.25) is 0 Å². The van der Waals surface area contributed by atoms with E-state index in [9.17, 15) is 0 Å². The fourth-order valence-corrected chi connectivity index (χ4v) is 2.89. The van der Waals surface area contributed by atoms with E-state index in [0.717, 1.165) is 12.5 Å². The molecular weight excluding hydrogens is 208 g/mol. The lowest BCUT2D eigenvalue weighted by Crippen LogP contribution is -2.36. The number of nitrogens with zero attached hydrogens (tertiary/aromatic N) is 1. The molecule has 1 saturated carbocycles. The van der Waals surface area contributed by atoms with Gasteiger partial charge < -0.3 is 10.2 Å². The molecule has 0 aromatic heterocycles. The molecule has 1 aromatic carbocycles. The number of anilines is 1. The van der Waals surface area contributed by atoms with Crippen molar-refractivity contribution in [2.24, 2.45) is 5.92 Å². The van der Waals surface area contributed by atoms with Gasteiger partial charge in [0, 0.05) is 24.8 Å². The average molecular weight is 230 g/mol. The first-order valence-corrected chi connectivity index (χ1v) is 6.95. The van der Waals surface area contributed by atoms with Gasteiger partial charge in [0.25, 0.3) is 0 Å². The lowest BCUT2D eigenvalue weighted by Gasteiger charge is -2.36. The third-order valence-corrected chi connectivity index (χ3v) is 3.97. The van der Waals surface area contributed by atoms with Crippen LogP contribution in [-0.4, -0.2) is 19.6 Å². The number of para-hydroxylation sites is 1. The summed E-state index contributed by atoms with van der Waals surface area (Å²) in [6.45, 7) is 5.74. The van der Waals surface area contributed by atoms with Crippen molar-refractivity contribution in [3.8, 4) is 0 Å². The van der Waals surface area contributed by atoms with Crippen molar-refractivity contribution >= 4 is 5.69 Å². The Balaban J connectivity index is 1.83. The van der Waals surface area contributed by atoms with Crippen molar-refractivity contribution in [1.29, 1.82) is 0 Å². The Morgan fingerprint density at radius 2 is 2.06 bits per heavy atom. The standard InChI is InChI=1S/C15H22N2/c1-2-16-14-9-10-17(11-12-7-8-12)15-6-4-3-5-13(14)15/h3-6,12,14,16H,2,7-11H2,1H3. The Morgan fingerprint density at radius 3 is 2.82 bits per heavy atom. The molecule has 92 valence electrons. The van der Waals surface area contributed by atoms with Crippen LogP contribution in [0.5, 0.6) is 0 Å². The van der Waals surface area contributed by atoms with Crippen LogP contribution in [0, 0.1) is 5.92 Å². The zero-order valence-corrected chi connectivity index (χ0v) is 10.7. The fraction of sp³-hybridized carbons (Fsp3) is 0.600. The molecule has 0 amide bonds. The second-order valence-electron chi connectivity index (χ2n) is 5.35. The molecule has 1 unspecified atom stereocenters. The van der Waals surface area contributed by atoms with Gasteiger partial charge in [0.1, 0.15) is 0 Å². The normalized spacial score (nSPS) is 23.6. The quantitative estimate of drug-likeness (QED) is 0.855. The van der Waals surface area contributed by atoms with Crippen molar-refractivity contribution in [2.75, 3.05) is 24.5 Å². The first-order chi connectivity index (χ1) is 8.38. The number of fused-ring (bicyclic) bond motifs is 1. The number of nitrogens with one attached hydrogen (secondary N) is 1. The number of hydrogen-bond donors (Lipinski definition) is 1. The minimum Gasteiger partial charge on any atom is -0.371 e. The van der Waals surface area contributed by atoms with Crippen LogP contribution < -0.4 is 10.2 Å². The minimum absolute atomic E-state index is 0.562. The van der Waals surface area contributed by atoms with Gasteiger partial charge in [0.05, 0.1) is 0 Å². The van der Waals surface area contributed by atoms with Gasteiger partial charge in [-0.1, -0.05) is 25.1 Å². The summed E-state index contributed by atoms with van der Waals surface area (Å²) in [5.41, 5.74) is 2.97. The molecule has 2 heteroatoms. The van der Waals surface area contributed by atoms with Crippen LogP contribution in [0.2, 0.25) is 0 Å². The summed E-state index contributed by atoms with van der Waals surface area (Å²) in [7, 11) is 0. The van der Waals surface area contributed by atoms with Crippen LogP contribution in [0.1, 0.15) is 37.8 Å². The molecule has 1 heterocycles. The molecule has 3 rings (SSSR count). The van der Waals surface area contributed by atoms with Crippen molar-refractivity contribution < 1.29 is 0 Å². The first-order valence-electron chi connectivity index (χ1n) is 6.95. The van der Waals surface area contributed by atoms with Gasteiger partial charge in [-0.2, -0.15) is 0 Å². The maximum Gasteiger partial charge on any atom is 0.0414 e. The molecule has 2 nitrogen and oxygen atoms in total. The van der Waals surface area contributed by atoms with Crippen LogP contribution in [0.3, 0.4) is 0 Å². The summed E-state index contributed by atoms with van der Waals surface area (Å²) >= 11 is 0. The van der Waals surface area contributed by atoms with E-state index in [1.807, 2.05) is 0 Å². The van der Waals surface area contributed by atoms with E-state index in [-0.39, 0.29) is 0 Å². The van der Waals surface area contributed by atoms with Crippen molar-refractivity contribution in [3.63, 3.8) is 0 Å². The molecule has 0 spiro atoms. The van der Waals surface area contributed by atoms with Crippen LogP contribution in [-0.2, 0) is 0 Å². The number of hydrogen-bond acceptors (Lipinski definition) is 2. The Labute approximate surface area is 104 Å². The molecule has 17 heavy (non-hydrogen) atoms. The molecule has 1 fully saturated rings. The summed E-state index contributed by atoms with van der Waals surface area (Å²) in [6, 6.07) is 9.49. The molecule has 1 atom stereocenters. The van der Waals surface area contributed by atoms with E-state index in [1.54, 1.807) is 0 Å². The van der Waals surface area contributed by atoms with Gasteiger partial charge in [-0.05, 0) is 43.4 Å². The second kappa shape index (κ2) is 4.69. The van der Waals surface area contributed by atoms with Crippen molar-refractivity contribution in [3.05, 3.63) is 29.8 Å². The largest absolute Gasteiger partial charge is 0.371 e. The molecular formula is C15H22N2. The van der Waals surface area contributed by atoms with Crippen molar-refractivity contribution in [2.45, 2.75) is 32.2 Å². The van der Waals surface area contributed by atoms with Crippen LogP contribution in [0.15, 0.2) is 24.3 Å². The zero-order chi connectivity index (χ0) is 11.7. The van der Waals surface area contributed by atoms with Gasteiger partial charge in [-0.25, -0.2) is 0 Å². The Bertz CT molecular complexity index is 384. The lowest BCUT2D eigenvalue weighted by molar-refractivity contribution is 0.486. The summed E-state index contributed by atoms with van der Waals surface area (Å²) in [5.74, 6) is 0.971. The smallest absolute Gasteiger partial charge is 0.0414 e. The third kappa shape index (κ3) is 2.32. The van der Waals surface area contributed by atoms with E-state index in [0.29, 0.717) is 6.04 Å². The molecule has 1 aliphatic carbocycles. The average Bonchev–Trinajstić information content (AvgIpc) is 3.17. The highest BCUT2D eigenvalue weighted by molar-refractivity contribution is 5.57. The highest BCUT2D eigenvalue weighted by Crippen LogP contribution is 2.37. The molecule has 0 saturated heterocycles. The van der Waals surface area contributed by atoms with E-state index in [1.165, 1.54) is 43.6 Å². The lowest BCUT2D eigenvalue weighted by atomic mass is 9.96. The number of rotatable bonds is 4. The molecule has 0 bridgehead atoms. The molecule has 0 radical (unpaired) electrons. The maximum absolute atomic E-state index is 3.60. The zero-order valence-electron chi connectivity index (χ0n) is 10.7. The summed E-state index contributed by atoms with van der Waals surface area (Å²) in [5, 5.41) is 3.60. The van der Waals surface area contributed by atoms with Gasteiger partial charge in [0.2, 0.25) is 0 Å². The van der Waals surface area contributed by atoms with E-state index in [4.69, 9.17) is 0 Å². The Hall–Kier alpha value is -1.02.